The molecule has 1 aromatic heterocycles. The van der Waals surface area contributed by atoms with E-state index in [1.165, 1.54) is 0 Å². The monoisotopic (exact) mass is 543 g/mol. The van der Waals surface area contributed by atoms with Crippen LogP contribution >= 0.6 is 0 Å². The van der Waals surface area contributed by atoms with Crippen molar-refractivity contribution in [2.45, 2.75) is 123 Å². The Morgan fingerprint density at radius 3 is 2.00 bits per heavy atom. The Morgan fingerprint density at radius 1 is 1.03 bits per heavy atom. The maximum absolute atomic E-state index is 13.4. The van der Waals surface area contributed by atoms with Crippen molar-refractivity contribution in [1.82, 2.24) is 20.2 Å². The number of carbonyl (C=O) groups excluding carboxylic acids is 2. The van der Waals surface area contributed by atoms with Gasteiger partial charge < -0.3 is 29.2 Å². The molecule has 1 saturated carbocycles. The largest absolute Gasteiger partial charge is 0.498 e. The number of carbonyl (C=O) groups is 2. The summed E-state index contributed by atoms with van der Waals surface area (Å²) in [5, 5.41) is 2.79. The maximum atomic E-state index is 13.4. The lowest BCUT2D eigenvalue weighted by Crippen LogP contribution is -2.55. The van der Waals surface area contributed by atoms with Gasteiger partial charge in [0.15, 0.2) is 0 Å². The second-order valence-corrected chi connectivity index (χ2v) is 13.5. The molecule has 2 saturated heterocycles. The Labute approximate surface area is 233 Å². The topological polar surface area (TPSA) is 106 Å². The molecular formula is C28H46BN5O5. The van der Waals surface area contributed by atoms with Crippen LogP contribution in [0, 0.1) is 5.92 Å². The third-order valence-electron chi connectivity index (χ3n) is 8.13. The quantitative estimate of drug-likeness (QED) is 0.523. The zero-order valence-electron chi connectivity index (χ0n) is 25.1. The Morgan fingerprint density at radius 2 is 1.54 bits per heavy atom. The average Bonchev–Trinajstić information content (AvgIpc) is 3.63. The van der Waals surface area contributed by atoms with Gasteiger partial charge in [-0.25, -0.2) is 14.8 Å². The number of likely N-dealkylation sites (tertiary alicyclic amines) is 1. The lowest BCUT2D eigenvalue weighted by atomic mass is 9.81. The molecule has 10 nitrogen and oxygen atoms in total. The highest BCUT2D eigenvalue weighted by Crippen LogP contribution is 2.37. The standard InChI is InChI=1S/C28H46BN5O5/c1-18(2)22(32-25(36)37-26(3,4)5)23(35)33-14-12-21(13-15-33)34(20-10-11-20)24-30-16-19(17-31-24)29-38-27(6,7)28(8,9)39-29/h16-18,20-22H,10-15H2,1-9H3,(H,32,36)/t22-/m0/s1. The smallest absolute Gasteiger partial charge is 0.444 e. The summed E-state index contributed by atoms with van der Waals surface area (Å²) in [5.41, 5.74) is -0.646. The number of hydrogen-bond donors (Lipinski definition) is 1. The van der Waals surface area contributed by atoms with Crippen LogP contribution in [-0.2, 0) is 18.8 Å². The molecule has 3 fully saturated rings. The lowest BCUT2D eigenvalue weighted by molar-refractivity contribution is -0.135. The summed E-state index contributed by atoms with van der Waals surface area (Å²) < 4.78 is 17.7. The second kappa shape index (κ2) is 10.9. The fraction of sp³-hybridized carbons (Fsp3) is 0.786. The Hall–Kier alpha value is -2.40. The number of ether oxygens (including phenoxy) is 1. The van der Waals surface area contributed by atoms with Crippen molar-refractivity contribution in [2.75, 3.05) is 18.0 Å². The third kappa shape index (κ3) is 6.85. The predicted octanol–water partition coefficient (Wildman–Crippen LogP) is 3.28. The van der Waals surface area contributed by atoms with Crippen LogP contribution in [0.3, 0.4) is 0 Å². The van der Waals surface area contributed by atoms with E-state index in [1.807, 2.05) is 79.6 Å². The molecular weight excluding hydrogens is 497 g/mol. The minimum atomic E-state index is -0.623. The zero-order chi connectivity index (χ0) is 28.8. The van der Waals surface area contributed by atoms with Gasteiger partial charge in [0.05, 0.1) is 11.2 Å². The molecule has 0 unspecified atom stereocenters. The van der Waals surface area contributed by atoms with Crippen molar-refractivity contribution in [3.8, 4) is 0 Å². The van der Waals surface area contributed by atoms with Crippen molar-refractivity contribution < 1.29 is 23.6 Å². The van der Waals surface area contributed by atoms with E-state index in [4.69, 9.17) is 24.0 Å². The number of rotatable bonds is 7. The molecule has 3 heterocycles. The molecule has 1 N–H and O–H groups in total. The van der Waals surface area contributed by atoms with Crippen LogP contribution in [0.15, 0.2) is 12.4 Å². The average molecular weight is 544 g/mol. The highest BCUT2D eigenvalue weighted by Gasteiger charge is 2.52. The zero-order valence-corrected chi connectivity index (χ0v) is 25.1. The summed E-state index contributed by atoms with van der Waals surface area (Å²) in [6, 6.07) is 0.0551. The van der Waals surface area contributed by atoms with Gasteiger partial charge in [0, 0.05) is 43.0 Å². The molecule has 0 bridgehead atoms. The first-order valence-electron chi connectivity index (χ1n) is 14.3. The van der Waals surface area contributed by atoms with Gasteiger partial charge in [0.2, 0.25) is 11.9 Å². The highest BCUT2D eigenvalue weighted by molar-refractivity contribution is 6.61. The van der Waals surface area contributed by atoms with Crippen LogP contribution in [0.4, 0.5) is 10.7 Å². The molecule has 2 amide bonds. The van der Waals surface area contributed by atoms with Gasteiger partial charge in [-0.15, -0.1) is 0 Å². The van der Waals surface area contributed by atoms with E-state index in [2.05, 4.69) is 10.2 Å². The van der Waals surface area contributed by atoms with Gasteiger partial charge in [-0.05, 0) is 80.1 Å². The molecule has 2 aliphatic heterocycles. The number of nitrogens with zero attached hydrogens (tertiary/aromatic N) is 4. The molecule has 216 valence electrons. The first-order chi connectivity index (χ1) is 18.1. The van der Waals surface area contributed by atoms with Crippen LogP contribution in [0.2, 0.25) is 0 Å². The van der Waals surface area contributed by atoms with E-state index in [1.54, 1.807) is 0 Å². The number of aromatic nitrogens is 2. The van der Waals surface area contributed by atoms with Crippen LogP contribution in [-0.4, -0.2) is 82.0 Å². The maximum Gasteiger partial charge on any atom is 0.498 e. The van der Waals surface area contributed by atoms with E-state index >= 15 is 0 Å². The van der Waals surface area contributed by atoms with Gasteiger partial charge in [-0.3, -0.25) is 4.79 Å². The fourth-order valence-electron chi connectivity index (χ4n) is 5.05. The molecule has 0 radical (unpaired) electrons. The van der Waals surface area contributed by atoms with Gasteiger partial charge >= 0.3 is 13.2 Å². The van der Waals surface area contributed by atoms with Crippen molar-refractivity contribution in [1.29, 1.82) is 0 Å². The molecule has 0 aromatic carbocycles. The van der Waals surface area contributed by atoms with Gasteiger partial charge in [0.25, 0.3) is 0 Å². The van der Waals surface area contributed by atoms with E-state index < -0.39 is 36.1 Å². The van der Waals surface area contributed by atoms with Crippen molar-refractivity contribution in [2.24, 2.45) is 5.92 Å². The minimum Gasteiger partial charge on any atom is -0.444 e. The molecule has 11 heteroatoms. The molecule has 39 heavy (non-hydrogen) atoms. The minimum absolute atomic E-state index is 0.0541. The molecule has 1 aromatic rings. The predicted molar refractivity (Wildman–Crippen MR) is 151 cm³/mol. The van der Waals surface area contributed by atoms with E-state index in [0.29, 0.717) is 25.1 Å². The second-order valence-electron chi connectivity index (χ2n) is 13.5. The summed E-state index contributed by atoms with van der Waals surface area (Å²) >= 11 is 0. The summed E-state index contributed by atoms with van der Waals surface area (Å²) in [5.74, 6) is 0.603. The van der Waals surface area contributed by atoms with Crippen molar-refractivity contribution >= 4 is 30.5 Å². The SMILES string of the molecule is CC(C)[C@H](NC(=O)OC(C)(C)C)C(=O)N1CCC(N(c2ncc(B3OC(C)(C)C(C)(C)O3)cn2)C2CC2)CC1. The first-order valence-corrected chi connectivity index (χ1v) is 14.3. The normalized spacial score (nSPS) is 22.1. The summed E-state index contributed by atoms with van der Waals surface area (Å²) in [7, 11) is -0.490. The van der Waals surface area contributed by atoms with E-state index in [0.717, 1.165) is 31.1 Å². The fourth-order valence-corrected chi connectivity index (χ4v) is 5.05. The summed E-state index contributed by atoms with van der Waals surface area (Å²) in [6.07, 6.45) is 6.95. The Balaban J connectivity index is 1.38. The molecule has 0 spiro atoms. The van der Waals surface area contributed by atoms with Gasteiger partial charge in [0.1, 0.15) is 11.6 Å². The van der Waals surface area contributed by atoms with Gasteiger partial charge in [-0.1, -0.05) is 13.8 Å². The van der Waals surface area contributed by atoms with Gasteiger partial charge in [-0.2, -0.15) is 0 Å². The highest BCUT2D eigenvalue weighted by atomic mass is 16.7. The third-order valence-corrected chi connectivity index (χ3v) is 8.13. The van der Waals surface area contributed by atoms with Crippen LogP contribution < -0.4 is 15.7 Å². The van der Waals surface area contributed by atoms with Crippen molar-refractivity contribution in [3.05, 3.63) is 12.4 Å². The molecule has 4 rings (SSSR count). The number of amides is 2. The van der Waals surface area contributed by atoms with Crippen molar-refractivity contribution in [3.63, 3.8) is 0 Å². The van der Waals surface area contributed by atoms with Crippen LogP contribution in [0.1, 0.15) is 88.0 Å². The number of anilines is 1. The van der Waals surface area contributed by atoms with E-state index in [-0.39, 0.29) is 17.9 Å². The Kier molecular flexibility index (Phi) is 8.25. The molecule has 1 atom stereocenters. The number of piperidine rings is 1. The number of nitrogens with one attached hydrogen (secondary N) is 1. The first kappa shape index (κ1) is 29.6. The van der Waals surface area contributed by atoms with E-state index in [9.17, 15) is 9.59 Å². The molecule has 1 aliphatic carbocycles. The molecule has 3 aliphatic rings. The van der Waals surface area contributed by atoms with Crippen LogP contribution in [0.5, 0.6) is 0 Å². The lowest BCUT2D eigenvalue weighted by Gasteiger charge is -2.40. The van der Waals surface area contributed by atoms with Crippen LogP contribution in [0.25, 0.3) is 0 Å². The summed E-state index contributed by atoms with van der Waals surface area (Å²) in [4.78, 5) is 39.4. The summed E-state index contributed by atoms with van der Waals surface area (Å²) in [6.45, 7) is 18.7. The number of hydrogen-bond acceptors (Lipinski definition) is 8. The Bertz CT molecular complexity index is 1010. The number of alkyl carbamates (subject to hydrolysis) is 1.